The van der Waals surface area contributed by atoms with Crippen LogP contribution >= 0.6 is 0 Å². The van der Waals surface area contributed by atoms with Crippen LogP contribution in [-0.4, -0.2) is 60.8 Å². The van der Waals surface area contributed by atoms with E-state index in [0.717, 1.165) is 24.1 Å². The highest BCUT2D eigenvalue weighted by Gasteiger charge is 2.11. The number of ether oxygens (including phenoxy) is 2. The van der Waals surface area contributed by atoms with Gasteiger partial charge in [-0.05, 0) is 85.0 Å². The minimum atomic E-state index is -0.452. The highest BCUT2D eigenvalue weighted by Crippen LogP contribution is 2.21. The maximum Gasteiger partial charge on any atom is 0.407 e. The molecule has 0 aliphatic heterocycles. The van der Waals surface area contributed by atoms with E-state index in [1.807, 2.05) is 118 Å². The van der Waals surface area contributed by atoms with Crippen molar-refractivity contribution in [2.75, 3.05) is 26.2 Å². The van der Waals surface area contributed by atoms with E-state index in [9.17, 15) is 9.59 Å². The van der Waals surface area contributed by atoms with E-state index in [4.69, 9.17) is 24.3 Å². The summed E-state index contributed by atoms with van der Waals surface area (Å²) in [5.74, 6) is 0. The number of alkyl carbamates (subject to hydrolysis) is 2. The van der Waals surface area contributed by atoms with Gasteiger partial charge in [-0.15, -0.1) is 0 Å². The summed E-state index contributed by atoms with van der Waals surface area (Å²) >= 11 is 0. The molecule has 0 unspecified atom stereocenters. The van der Waals surface area contributed by atoms with E-state index in [1.54, 1.807) is 0 Å². The smallest absolute Gasteiger partial charge is 0.407 e. The Balaban J connectivity index is 0.000000236. The molecule has 6 aromatic carbocycles. The zero-order chi connectivity index (χ0) is 46.3. The molecule has 4 N–H and O–H groups in total. The minimum absolute atomic E-state index is 0.0684. The molecular formula is C54H66N4O7. The summed E-state index contributed by atoms with van der Waals surface area (Å²) in [6, 6.07) is 56.9. The Hall–Kier alpha value is -6.34. The number of hydrogen-bond donors (Lipinski definition) is 4. The lowest BCUT2D eigenvalue weighted by Gasteiger charge is -2.24. The number of aliphatic hydroxyl groups excluding tert-OH is 1. The van der Waals surface area contributed by atoms with Gasteiger partial charge in [-0.1, -0.05) is 170 Å². The Morgan fingerprint density at radius 2 is 0.923 bits per heavy atom. The van der Waals surface area contributed by atoms with E-state index >= 15 is 0 Å². The van der Waals surface area contributed by atoms with Crippen molar-refractivity contribution in [2.24, 2.45) is 0 Å². The number of hydrogen-bond acceptors (Lipinski definition) is 9. The van der Waals surface area contributed by atoms with Crippen LogP contribution in [0.2, 0.25) is 0 Å². The molecule has 0 saturated heterocycles. The van der Waals surface area contributed by atoms with E-state index in [1.165, 1.54) is 33.4 Å². The summed E-state index contributed by atoms with van der Waals surface area (Å²) in [7, 11) is 0. The number of amides is 2. The first-order valence-corrected chi connectivity index (χ1v) is 22.3. The van der Waals surface area contributed by atoms with Crippen molar-refractivity contribution in [1.82, 2.24) is 21.2 Å². The van der Waals surface area contributed by atoms with Crippen LogP contribution in [0.5, 0.6) is 0 Å². The maximum absolute atomic E-state index is 11.9. The van der Waals surface area contributed by atoms with Gasteiger partial charge in [-0.2, -0.15) is 10.5 Å². The standard InChI is InChI=1S/C27H32N2O3.C16H19NO.C11H15NO3/c1-22(2)32-29(19-9-18-28-27(30)31-21-24-10-5-3-6-11-24)20-23-14-16-26(17-15-23)25-12-7-4-8-13-25;1-13(2)18-17-12-14-8-10-16(11-9-14)15-6-4-3-5-7-15;13-8-4-7-12-11(14)15-9-10-5-2-1-3-6-10/h3-8,10-17,22H,9,18-21H2,1-2H3,(H,28,30);3-11,13,17H,12H2,1-2H3;1-3,5-6,13H,4,7-9H2,(H,12,14). The van der Waals surface area contributed by atoms with Gasteiger partial charge in [-0.25, -0.2) is 9.59 Å². The monoisotopic (exact) mass is 882 g/mol. The second-order valence-electron chi connectivity index (χ2n) is 15.5. The molecular weight excluding hydrogens is 817 g/mol. The molecule has 0 spiro atoms. The quantitative estimate of drug-likeness (QED) is 0.0412. The molecule has 6 rings (SSSR count). The lowest BCUT2D eigenvalue weighted by Crippen LogP contribution is -2.31. The first-order valence-electron chi connectivity index (χ1n) is 22.3. The van der Waals surface area contributed by atoms with E-state index in [0.29, 0.717) is 32.6 Å². The number of benzene rings is 6. The highest BCUT2D eigenvalue weighted by atomic mass is 16.7. The summed E-state index contributed by atoms with van der Waals surface area (Å²) in [6.45, 7) is 11.7. The molecule has 65 heavy (non-hydrogen) atoms. The average Bonchev–Trinajstić information content (AvgIpc) is 3.33. The van der Waals surface area contributed by atoms with E-state index < -0.39 is 12.2 Å². The molecule has 0 bridgehead atoms. The molecule has 11 nitrogen and oxygen atoms in total. The van der Waals surface area contributed by atoms with Crippen molar-refractivity contribution in [2.45, 2.75) is 79.0 Å². The van der Waals surface area contributed by atoms with Crippen molar-refractivity contribution in [1.29, 1.82) is 0 Å². The second kappa shape index (κ2) is 30.7. The van der Waals surface area contributed by atoms with Gasteiger partial charge in [0.1, 0.15) is 13.2 Å². The van der Waals surface area contributed by atoms with Gasteiger partial charge in [0.25, 0.3) is 0 Å². The SMILES string of the molecule is CC(C)ON(CCCNC(=O)OCc1ccccc1)Cc1ccc(-c2ccccc2)cc1.CC(C)ONCc1ccc(-c2ccccc2)cc1.O=C(NCCCO)OCc1ccccc1. The zero-order valence-corrected chi connectivity index (χ0v) is 38.2. The third kappa shape index (κ3) is 22.2. The molecule has 0 fully saturated rings. The number of aliphatic hydroxyl groups is 1. The van der Waals surface area contributed by atoms with Crippen LogP contribution in [0.15, 0.2) is 170 Å². The Bertz CT molecular complexity index is 2140. The normalized spacial score (nSPS) is 10.6. The largest absolute Gasteiger partial charge is 0.445 e. The summed E-state index contributed by atoms with van der Waals surface area (Å²) in [5.41, 5.74) is 12.2. The molecule has 0 aromatic heterocycles. The molecule has 0 heterocycles. The molecule has 0 atom stereocenters. The number of carbonyl (C=O) groups excluding carboxylic acids is 2. The lowest BCUT2D eigenvalue weighted by molar-refractivity contribution is -0.194. The second-order valence-corrected chi connectivity index (χ2v) is 15.5. The molecule has 11 heteroatoms. The summed E-state index contributed by atoms with van der Waals surface area (Å²) in [6.07, 6.45) is 0.736. The fraction of sp³-hybridized carbons (Fsp3) is 0.296. The number of nitrogens with zero attached hydrogens (tertiary/aromatic N) is 1. The Labute approximate surface area is 385 Å². The highest BCUT2D eigenvalue weighted by molar-refractivity contribution is 5.67. The van der Waals surface area contributed by atoms with Crippen molar-refractivity contribution >= 4 is 12.2 Å². The van der Waals surface area contributed by atoms with Crippen molar-refractivity contribution < 1.29 is 33.8 Å². The first-order chi connectivity index (χ1) is 31.7. The van der Waals surface area contributed by atoms with Gasteiger partial charge in [0.05, 0.1) is 12.2 Å². The number of rotatable bonds is 21. The average molecular weight is 883 g/mol. The van der Waals surface area contributed by atoms with E-state index in [2.05, 4.69) is 101 Å². The molecule has 0 aliphatic carbocycles. The van der Waals surface area contributed by atoms with Crippen molar-refractivity contribution in [3.63, 3.8) is 0 Å². The number of hydroxylamine groups is 3. The topological polar surface area (TPSA) is 131 Å². The lowest BCUT2D eigenvalue weighted by atomic mass is 10.0. The predicted molar refractivity (Wildman–Crippen MR) is 259 cm³/mol. The third-order valence-electron chi connectivity index (χ3n) is 9.32. The Kier molecular flexibility index (Phi) is 24.2. The maximum atomic E-state index is 11.9. The van der Waals surface area contributed by atoms with Crippen LogP contribution < -0.4 is 16.1 Å². The van der Waals surface area contributed by atoms with Crippen LogP contribution in [0.1, 0.15) is 62.8 Å². The minimum Gasteiger partial charge on any atom is -0.445 e. The predicted octanol–water partition coefficient (Wildman–Crippen LogP) is 10.9. The van der Waals surface area contributed by atoms with Crippen LogP contribution in [0.3, 0.4) is 0 Å². The van der Waals surface area contributed by atoms with Crippen LogP contribution in [0, 0.1) is 0 Å². The molecule has 2 amide bonds. The van der Waals surface area contributed by atoms with Crippen molar-refractivity contribution in [3.8, 4) is 22.3 Å². The number of nitrogens with one attached hydrogen (secondary N) is 3. The Morgan fingerprint density at radius 1 is 0.508 bits per heavy atom. The molecule has 344 valence electrons. The van der Waals surface area contributed by atoms with Crippen molar-refractivity contribution in [3.05, 3.63) is 192 Å². The third-order valence-corrected chi connectivity index (χ3v) is 9.32. The molecule has 0 radical (unpaired) electrons. The van der Waals surface area contributed by atoms with Crippen LogP contribution in [0.25, 0.3) is 22.3 Å². The van der Waals surface area contributed by atoms with Crippen LogP contribution in [-0.2, 0) is 45.5 Å². The van der Waals surface area contributed by atoms with Gasteiger partial charge in [0, 0.05) is 39.3 Å². The first kappa shape index (κ1) is 51.3. The van der Waals surface area contributed by atoms with Crippen LogP contribution in [0.4, 0.5) is 9.59 Å². The Morgan fingerprint density at radius 3 is 1.35 bits per heavy atom. The molecule has 0 aliphatic rings. The summed E-state index contributed by atoms with van der Waals surface area (Å²) in [5, 5.41) is 15.8. The summed E-state index contributed by atoms with van der Waals surface area (Å²) < 4.78 is 10.2. The van der Waals surface area contributed by atoms with Gasteiger partial charge >= 0.3 is 12.2 Å². The van der Waals surface area contributed by atoms with Gasteiger partial charge in [0.15, 0.2) is 0 Å². The fourth-order valence-corrected chi connectivity index (χ4v) is 6.10. The fourth-order valence-electron chi connectivity index (χ4n) is 6.10. The zero-order valence-electron chi connectivity index (χ0n) is 38.2. The molecule has 6 aromatic rings. The van der Waals surface area contributed by atoms with Gasteiger partial charge in [0.2, 0.25) is 0 Å². The van der Waals surface area contributed by atoms with Gasteiger partial charge < -0.3 is 25.2 Å². The molecule has 0 saturated carbocycles. The number of carbonyl (C=O) groups is 2. The van der Waals surface area contributed by atoms with E-state index in [-0.39, 0.29) is 32.0 Å². The summed E-state index contributed by atoms with van der Waals surface area (Å²) in [4.78, 5) is 34.3. The van der Waals surface area contributed by atoms with Gasteiger partial charge in [-0.3, -0.25) is 9.68 Å².